The first kappa shape index (κ1) is 14.7. The number of aromatic nitrogens is 2. The van der Waals surface area contributed by atoms with Gasteiger partial charge in [0.15, 0.2) is 0 Å². The van der Waals surface area contributed by atoms with E-state index >= 15 is 0 Å². The van der Waals surface area contributed by atoms with Crippen LogP contribution in [-0.4, -0.2) is 33.9 Å². The zero-order chi connectivity index (χ0) is 15.7. The van der Waals surface area contributed by atoms with Gasteiger partial charge in [0, 0.05) is 30.9 Å². The van der Waals surface area contributed by atoms with Gasteiger partial charge in [0.25, 0.3) is 5.91 Å². The summed E-state index contributed by atoms with van der Waals surface area (Å²) >= 11 is 0. The summed E-state index contributed by atoms with van der Waals surface area (Å²) in [4.78, 5) is 21.5. The number of aryl methyl sites for hydroxylation is 1. The van der Waals surface area contributed by atoms with E-state index in [1.54, 1.807) is 11.1 Å². The van der Waals surface area contributed by atoms with Crippen LogP contribution in [0.1, 0.15) is 40.6 Å². The Hall–Kier alpha value is -2.24. The summed E-state index contributed by atoms with van der Waals surface area (Å²) < 4.78 is 27.0. The Morgan fingerprint density at radius 3 is 2.95 bits per heavy atom. The summed E-state index contributed by atoms with van der Waals surface area (Å²) in [7, 11) is 0. The minimum absolute atomic E-state index is 0.100. The molecule has 0 spiro atoms. The summed E-state index contributed by atoms with van der Waals surface area (Å²) in [5, 5.41) is 0. The van der Waals surface area contributed by atoms with Gasteiger partial charge in [-0.1, -0.05) is 0 Å². The van der Waals surface area contributed by atoms with E-state index in [0.717, 1.165) is 42.6 Å². The van der Waals surface area contributed by atoms with Crippen LogP contribution >= 0.6 is 0 Å². The highest BCUT2D eigenvalue weighted by Crippen LogP contribution is 2.26. The normalized spacial score (nSPS) is 18.5. The number of hydrogen-bond acceptors (Lipinski definition) is 2. The number of aromatic amines is 1. The first-order valence-corrected chi connectivity index (χ1v) is 7.30. The number of benzene rings is 1. The molecule has 1 aliphatic rings. The summed E-state index contributed by atoms with van der Waals surface area (Å²) in [5.74, 6) is -0.829. The van der Waals surface area contributed by atoms with Crippen molar-refractivity contribution in [2.24, 2.45) is 0 Å². The minimum atomic E-state index is -0.692. The number of amides is 1. The second-order valence-electron chi connectivity index (χ2n) is 5.67. The van der Waals surface area contributed by atoms with Crippen molar-refractivity contribution < 1.29 is 13.6 Å². The lowest BCUT2D eigenvalue weighted by Crippen LogP contribution is -2.39. The molecule has 2 heterocycles. The van der Waals surface area contributed by atoms with Gasteiger partial charge in [-0.25, -0.2) is 13.8 Å². The van der Waals surface area contributed by atoms with E-state index in [2.05, 4.69) is 9.97 Å². The third kappa shape index (κ3) is 2.86. The first-order chi connectivity index (χ1) is 10.5. The molecule has 1 saturated heterocycles. The number of carbonyl (C=O) groups excluding carboxylic acids is 1. The Morgan fingerprint density at radius 1 is 1.41 bits per heavy atom. The largest absolute Gasteiger partial charge is 0.346 e. The topological polar surface area (TPSA) is 49.0 Å². The van der Waals surface area contributed by atoms with Gasteiger partial charge < -0.3 is 9.88 Å². The van der Waals surface area contributed by atoms with Gasteiger partial charge >= 0.3 is 0 Å². The fourth-order valence-corrected chi connectivity index (χ4v) is 2.86. The highest BCUT2D eigenvalue weighted by atomic mass is 19.1. The van der Waals surface area contributed by atoms with Crippen LogP contribution in [0.5, 0.6) is 0 Å². The van der Waals surface area contributed by atoms with Gasteiger partial charge in [-0.15, -0.1) is 0 Å². The number of H-pyrrole nitrogens is 1. The maximum absolute atomic E-state index is 13.8. The van der Waals surface area contributed by atoms with E-state index in [4.69, 9.17) is 0 Å². The number of rotatable bonds is 2. The molecule has 0 unspecified atom stereocenters. The van der Waals surface area contributed by atoms with Gasteiger partial charge in [0.2, 0.25) is 0 Å². The van der Waals surface area contributed by atoms with Crippen molar-refractivity contribution in [1.29, 1.82) is 0 Å². The highest BCUT2D eigenvalue weighted by Gasteiger charge is 2.28. The molecule has 116 valence electrons. The van der Waals surface area contributed by atoms with Crippen molar-refractivity contribution in [3.63, 3.8) is 0 Å². The molecule has 4 nitrogen and oxygen atoms in total. The minimum Gasteiger partial charge on any atom is -0.346 e. The van der Waals surface area contributed by atoms with Crippen molar-refractivity contribution in [3.8, 4) is 0 Å². The maximum atomic E-state index is 13.8. The fourth-order valence-electron chi connectivity index (χ4n) is 2.86. The van der Waals surface area contributed by atoms with Gasteiger partial charge in [-0.3, -0.25) is 4.79 Å². The molecule has 3 rings (SSSR count). The molecule has 6 heteroatoms. The number of nitrogens with zero attached hydrogens (tertiary/aromatic N) is 2. The Bertz CT molecular complexity index is 698. The lowest BCUT2D eigenvalue weighted by Gasteiger charge is -2.32. The van der Waals surface area contributed by atoms with Crippen LogP contribution in [-0.2, 0) is 0 Å². The quantitative estimate of drug-likeness (QED) is 0.927. The van der Waals surface area contributed by atoms with Crippen LogP contribution in [0, 0.1) is 18.6 Å². The highest BCUT2D eigenvalue weighted by molar-refractivity contribution is 5.94. The van der Waals surface area contributed by atoms with Gasteiger partial charge in [-0.2, -0.15) is 0 Å². The summed E-state index contributed by atoms with van der Waals surface area (Å²) in [6, 6.07) is 2.95. The molecular formula is C16H17F2N3O. The van der Waals surface area contributed by atoms with Crippen molar-refractivity contribution >= 4 is 5.91 Å². The fraction of sp³-hybridized carbons (Fsp3) is 0.375. The molecule has 0 radical (unpaired) electrons. The number of piperidine rings is 1. The zero-order valence-corrected chi connectivity index (χ0v) is 12.3. The Balaban J connectivity index is 1.79. The molecule has 1 amide bonds. The Labute approximate surface area is 127 Å². The standard InChI is InChI=1S/C16H17F2N3O/c1-10-8-19-15(20-10)11-3-2-6-21(9-11)16(22)13-7-12(17)4-5-14(13)18/h4-5,7-8,11H,2-3,6,9H2,1H3,(H,19,20)/t11-/m1/s1. The van der Waals surface area contributed by atoms with Gasteiger partial charge in [0.05, 0.1) is 5.56 Å². The number of imidazole rings is 1. The Kier molecular flexibility index (Phi) is 3.92. The molecule has 1 aromatic carbocycles. The lowest BCUT2D eigenvalue weighted by molar-refractivity contribution is 0.0699. The van der Waals surface area contributed by atoms with Crippen LogP contribution in [0.15, 0.2) is 24.4 Å². The number of nitrogens with one attached hydrogen (secondary N) is 1. The molecule has 1 atom stereocenters. The van der Waals surface area contributed by atoms with E-state index in [9.17, 15) is 13.6 Å². The molecule has 0 bridgehead atoms. The van der Waals surface area contributed by atoms with E-state index in [-0.39, 0.29) is 11.5 Å². The maximum Gasteiger partial charge on any atom is 0.256 e. The van der Waals surface area contributed by atoms with E-state index < -0.39 is 17.5 Å². The molecule has 1 fully saturated rings. The summed E-state index contributed by atoms with van der Waals surface area (Å²) in [6.45, 7) is 2.93. The van der Waals surface area contributed by atoms with Crippen molar-refractivity contribution in [2.75, 3.05) is 13.1 Å². The number of halogens is 2. The van der Waals surface area contributed by atoms with E-state index in [1.807, 2.05) is 6.92 Å². The van der Waals surface area contributed by atoms with Crippen LogP contribution in [0.2, 0.25) is 0 Å². The molecule has 1 aromatic heterocycles. The number of carbonyl (C=O) groups is 1. The Morgan fingerprint density at radius 2 is 2.23 bits per heavy atom. The van der Waals surface area contributed by atoms with E-state index in [1.165, 1.54) is 0 Å². The average Bonchev–Trinajstić information content (AvgIpc) is 2.96. The van der Waals surface area contributed by atoms with Crippen LogP contribution in [0.4, 0.5) is 8.78 Å². The monoisotopic (exact) mass is 305 g/mol. The average molecular weight is 305 g/mol. The summed E-state index contributed by atoms with van der Waals surface area (Å²) in [5.41, 5.74) is 0.755. The smallest absolute Gasteiger partial charge is 0.256 e. The molecule has 22 heavy (non-hydrogen) atoms. The van der Waals surface area contributed by atoms with E-state index in [0.29, 0.717) is 13.1 Å². The molecule has 1 aliphatic heterocycles. The van der Waals surface area contributed by atoms with Crippen molar-refractivity contribution in [3.05, 3.63) is 53.1 Å². The predicted octanol–water partition coefficient (Wildman–Crippen LogP) is 3.02. The zero-order valence-electron chi connectivity index (χ0n) is 12.3. The van der Waals surface area contributed by atoms with Gasteiger partial charge in [-0.05, 0) is 38.0 Å². The predicted molar refractivity (Wildman–Crippen MR) is 77.6 cm³/mol. The lowest BCUT2D eigenvalue weighted by atomic mass is 9.96. The number of likely N-dealkylation sites (tertiary alicyclic amines) is 1. The molecule has 2 aromatic rings. The van der Waals surface area contributed by atoms with Crippen LogP contribution in [0.3, 0.4) is 0 Å². The molecule has 0 aliphatic carbocycles. The first-order valence-electron chi connectivity index (χ1n) is 7.30. The molecular weight excluding hydrogens is 288 g/mol. The van der Waals surface area contributed by atoms with Crippen LogP contribution < -0.4 is 0 Å². The molecule has 0 saturated carbocycles. The second-order valence-corrected chi connectivity index (χ2v) is 5.67. The SMILES string of the molecule is Cc1cnc([C@@H]2CCCN(C(=O)c3cc(F)ccc3F)C2)[nH]1. The third-order valence-corrected chi connectivity index (χ3v) is 3.98. The van der Waals surface area contributed by atoms with Crippen LogP contribution in [0.25, 0.3) is 0 Å². The third-order valence-electron chi connectivity index (χ3n) is 3.98. The number of hydrogen-bond donors (Lipinski definition) is 1. The van der Waals surface area contributed by atoms with Crippen molar-refractivity contribution in [2.45, 2.75) is 25.7 Å². The summed E-state index contributed by atoms with van der Waals surface area (Å²) in [6.07, 6.45) is 3.48. The van der Waals surface area contributed by atoms with Gasteiger partial charge in [0.1, 0.15) is 17.5 Å². The molecule has 1 N–H and O–H groups in total. The second kappa shape index (κ2) is 5.87. The van der Waals surface area contributed by atoms with Crippen molar-refractivity contribution in [1.82, 2.24) is 14.9 Å².